The molecule has 2 aliphatic heterocycles. The average molecular weight is 533 g/mol. The van der Waals surface area contributed by atoms with Crippen LogP contribution in [-0.4, -0.2) is 50.1 Å². The molecule has 2 aliphatic rings. The molecule has 3 heterocycles. The SMILES string of the molecule is Cn1cc(/C=C/SC2=C(C(=O)OC(c3ccccc3)c3ccccc3)N3C(=O)[C@@H](NC=O)[C@H]3SC2)cn1. The zero-order valence-corrected chi connectivity index (χ0v) is 21.5. The Hall–Kier alpha value is -3.76. The van der Waals surface area contributed by atoms with Crippen molar-refractivity contribution in [2.75, 3.05) is 5.75 Å². The Morgan fingerprint density at radius 3 is 2.43 bits per heavy atom. The molecule has 10 heteroatoms. The Labute approximate surface area is 222 Å². The van der Waals surface area contributed by atoms with E-state index in [-0.39, 0.29) is 17.0 Å². The van der Waals surface area contributed by atoms with Crippen molar-refractivity contribution in [3.8, 4) is 0 Å². The molecule has 0 bridgehead atoms. The highest BCUT2D eigenvalue weighted by molar-refractivity contribution is 8.08. The number of hydrogen-bond acceptors (Lipinski definition) is 7. The summed E-state index contributed by atoms with van der Waals surface area (Å²) in [6.45, 7) is 0. The zero-order valence-electron chi connectivity index (χ0n) is 19.9. The van der Waals surface area contributed by atoms with Crippen LogP contribution in [0.1, 0.15) is 22.8 Å². The van der Waals surface area contributed by atoms with E-state index in [1.54, 1.807) is 10.9 Å². The van der Waals surface area contributed by atoms with Crippen molar-refractivity contribution >= 4 is 47.9 Å². The Kier molecular flexibility index (Phi) is 7.47. The molecule has 2 amide bonds. The highest BCUT2D eigenvalue weighted by Crippen LogP contribution is 2.44. The number of thioether (sulfide) groups is 2. The number of amides is 2. The van der Waals surface area contributed by atoms with Crippen LogP contribution in [0.4, 0.5) is 0 Å². The minimum atomic E-state index is -0.665. The third-order valence-corrected chi connectivity index (χ3v) is 8.36. The number of esters is 1. The van der Waals surface area contributed by atoms with E-state index in [9.17, 15) is 14.4 Å². The summed E-state index contributed by atoms with van der Waals surface area (Å²) < 4.78 is 7.82. The van der Waals surface area contributed by atoms with Crippen LogP contribution in [0.3, 0.4) is 0 Å². The number of nitrogens with zero attached hydrogens (tertiary/aromatic N) is 3. The number of carbonyl (C=O) groups is 3. The normalized spacial score (nSPS) is 19.1. The van der Waals surface area contributed by atoms with Gasteiger partial charge in [0.2, 0.25) is 6.41 Å². The molecule has 0 radical (unpaired) electrons. The molecule has 1 N–H and O–H groups in total. The minimum Gasteiger partial charge on any atom is -0.448 e. The number of hydrogen-bond donors (Lipinski definition) is 1. The number of aromatic nitrogens is 2. The van der Waals surface area contributed by atoms with E-state index in [1.807, 2.05) is 85.4 Å². The quantitative estimate of drug-likeness (QED) is 0.255. The summed E-state index contributed by atoms with van der Waals surface area (Å²) in [6, 6.07) is 18.3. The van der Waals surface area contributed by atoms with E-state index in [0.717, 1.165) is 16.7 Å². The fraction of sp³-hybridized carbons (Fsp3) is 0.185. The lowest BCUT2D eigenvalue weighted by atomic mass is 10.0. The van der Waals surface area contributed by atoms with Crippen LogP contribution < -0.4 is 5.32 Å². The first-order chi connectivity index (χ1) is 18.1. The van der Waals surface area contributed by atoms with Crippen molar-refractivity contribution in [1.29, 1.82) is 0 Å². The Balaban J connectivity index is 1.47. The summed E-state index contributed by atoms with van der Waals surface area (Å²) in [5, 5.41) is 8.24. The predicted octanol–water partition coefficient (Wildman–Crippen LogP) is 3.70. The predicted molar refractivity (Wildman–Crippen MR) is 144 cm³/mol. The number of β-lactam (4-membered cyclic amide) rings is 1. The van der Waals surface area contributed by atoms with Crippen LogP contribution in [-0.2, 0) is 26.2 Å². The number of ether oxygens (including phenoxy) is 1. The second kappa shape index (κ2) is 11.1. The molecule has 37 heavy (non-hydrogen) atoms. The first-order valence-electron chi connectivity index (χ1n) is 11.6. The molecule has 3 aromatic rings. The van der Waals surface area contributed by atoms with Gasteiger partial charge in [-0.2, -0.15) is 5.10 Å². The molecule has 2 atom stereocenters. The van der Waals surface area contributed by atoms with E-state index < -0.39 is 18.1 Å². The molecule has 8 nitrogen and oxygen atoms in total. The zero-order chi connectivity index (χ0) is 25.8. The first kappa shape index (κ1) is 24.9. The number of fused-ring (bicyclic) bond motifs is 1. The lowest BCUT2D eigenvalue weighted by molar-refractivity contribution is -0.154. The van der Waals surface area contributed by atoms with Crippen LogP contribution >= 0.6 is 23.5 Å². The molecular weight excluding hydrogens is 508 g/mol. The van der Waals surface area contributed by atoms with Gasteiger partial charge in [0.15, 0.2) is 6.10 Å². The Morgan fingerprint density at radius 2 is 1.84 bits per heavy atom. The molecule has 0 saturated carbocycles. The van der Waals surface area contributed by atoms with Gasteiger partial charge in [0.25, 0.3) is 5.91 Å². The first-order valence-corrected chi connectivity index (χ1v) is 13.5. The fourth-order valence-corrected chi connectivity index (χ4v) is 6.60. The third-order valence-electron chi connectivity index (χ3n) is 6.00. The van der Waals surface area contributed by atoms with E-state index >= 15 is 0 Å². The number of aryl methyl sites for hydroxylation is 1. The summed E-state index contributed by atoms with van der Waals surface area (Å²) in [5.74, 6) is -0.418. The molecule has 5 rings (SSSR count). The fourth-order valence-electron chi connectivity index (χ4n) is 4.23. The minimum absolute atomic E-state index is 0.218. The maximum atomic E-state index is 13.8. The highest BCUT2D eigenvalue weighted by atomic mass is 32.2. The smallest absolute Gasteiger partial charge is 0.356 e. The highest BCUT2D eigenvalue weighted by Gasteiger charge is 2.54. The molecule has 2 aromatic carbocycles. The molecule has 0 aliphatic carbocycles. The Morgan fingerprint density at radius 1 is 1.16 bits per heavy atom. The topological polar surface area (TPSA) is 93.5 Å². The van der Waals surface area contributed by atoms with Crippen molar-refractivity contribution in [3.63, 3.8) is 0 Å². The largest absolute Gasteiger partial charge is 0.448 e. The van der Waals surface area contributed by atoms with Gasteiger partial charge in [-0.25, -0.2) is 4.79 Å². The van der Waals surface area contributed by atoms with Crippen molar-refractivity contribution in [3.05, 3.63) is 106 Å². The van der Waals surface area contributed by atoms with Gasteiger partial charge in [-0.3, -0.25) is 19.2 Å². The molecule has 0 spiro atoms. The average Bonchev–Trinajstić information content (AvgIpc) is 3.35. The molecule has 0 unspecified atom stereocenters. The van der Waals surface area contributed by atoms with Crippen LogP contribution in [0.15, 0.2) is 89.1 Å². The lowest BCUT2D eigenvalue weighted by Crippen LogP contribution is -2.69. The standard InChI is InChI=1S/C27H24N4O4S2/c1-30-15-18(14-29-30)12-13-36-21-16-37-26-22(28-17-32)25(33)31(26)23(21)27(34)35-24(19-8-4-2-5-9-19)20-10-6-3-7-11-20/h2-15,17,22,24,26H,16H2,1H3,(H,28,32)/b13-12+/t22-,26-/m1/s1. The second-order valence-electron chi connectivity index (χ2n) is 8.42. The van der Waals surface area contributed by atoms with Crippen LogP contribution in [0.2, 0.25) is 0 Å². The Bertz CT molecular complexity index is 1320. The summed E-state index contributed by atoms with van der Waals surface area (Å²) in [6.07, 6.45) is 5.39. The number of benzene rings is 2. The van der Waals surface area contributed by atoms with E-state index in [2.05, 4.69) is 10.4 Å². The van der Waals surface area contributed by atoms with Crippen molar-refractivity contribution in [2.24, 2.45) is 7.05 Å². The van der Waals surface area contributed by atoms with Gasteiger partial charge in [-0.1, -0.05) is 72.4 Å². The van der Waals surface area contributed by atoms with Gasteiger partial charge in [0.1, 0.15) is 17.1 Å². The summed E-state index contributed by atoms with van der Waals surface area (Å²) in [5.41, 5.74) is 2.79. The van der Waals surface area contributed by atoms with Crippen molar-refractivity contribution < 1.29 is 19.1 Å². The van der Waals surface area contributed by atoms with Crippen LogP contribution in [0.5, 0.6) is 0 Å². The van der Waals surface area contributed by atoms with Crippen LogP contribution in [0, 0.1) is 0 Å². The molecule has 188 valence electrons. The van der Waals surface area contributed by atoms with E-state index in [0.29, 0.717) is 17.1 Å². The van der Waals surface area contributed by atoms with Crippen LogP contribution in [0.25, 0.3) is 6.08 Å². The van der Waals surface area contributed by atoms with Gasteiger partial charge < -0.3 is 10.1 Å². The van der Waals surface area contributed by atoms with E-state index in [4.69, 9.17) is 4.74 Å². The number of nitrogens with one attached hydrogen (secondary N) is 1. The van der Waals surface area contributed by atoms with Crippen molar-refractivity contribution in [1.82, 2.24) is 20.0 Å². The maximum Gasteiger partial charge on any atom is 0.356 e. The van der Waals surface area contributed by atoms with E-state index in [1.165, 1.54) is 28.4 Å². The van der Waals surface area contributed by atoms with Gasteiger partial charge in [0.05, 0.1) is 6.20 Å². The maximum absolute atomic E-state index is 13.8. The van der Waals surface area contributed by atoms with Gasteiger partial charge in [-0.15, -0.1) is 11.8 Å². The van der Waals surface area contributed by atoms with Gasteiger partial charge in [0, 0.05) is 29.5 Å². The molecule has 1 fully saturated rings. The van der Waals surface area contributed by atoms with Crippen molar-refractivity contribution in [2.45, 2.75) is 17.5 Å². The second-order valence-corrected chi connectivity index (χ2v) is 10.5. The van der Waals surface area contributed by atoms with Gasteiger partial charge in [-0.05, 0) is 22.6 Å². The number of carbonyl (C=O) groups excluding carboxylic acids is 3. The monoisotopic (exact) mass is 532 g/mol. The lowest BCUT2D eigenvalue weighted by Gasteiger charge is -2.49. The summed E-state index contributed by atoms with van der Waals surface area (Å²) >= 11 is 2.87. The molecular formula is C27H24N4O4S2. The third kappa shape index (κ3) is 5.21. The number of rotatable bonds is 9. The summed E-state index contributed by atoms with van der Waals surface area (Å²) in [4.78, 5) is 40.0. The summed E-state index contributed by atoms with van der Waals surface area (Å²) in [7, 11) is 1.84. The molecule has 1 saturated heterocycles. The molecule has 1 aromatic heterocycles. The van der Waals surface area contributed by atoms with Gasteiger partial charge >= 0.3 is 5.97 Å².